The molecular formula is C26H28ClN5O5S. The highest BCUT2D eigenvalue weighted by Gasteiger charge is 2.45. The maximum absolute atomic E-state index is 13.5. The lowest BCUT2D eigenvalue weighted by Crippen LogP contribution is -2.44. The maximum Gasteiger partial charge on any atom is 0.343 e. The third-order valence-electron chi connectivity index (χ3n) is 6.98. The number of cyclic esters (lactones) is 1. The molecule has 4 heterocycles. The van der Waals surface area contributed by atoms with Crippen LogP contribution >= 0.6 is 24.2 Å². The molecule has 2 aromatic heterocycles. The van der Waals surface area contributed by atoms with Gasteiger partial charge >= 0.3 is 5.97 Å². The number of nitrogens with one attached hydrogen (secondary N) is 1. The Bertz CT molecular complexity index is 1520. The van der Waals surface area contributed by atoms with Crippen molar-refractivity contribution in [1.29, 1.82) is 0 Å². The Morgan fingerprint density at radius 2 is 2.13 bits per heavy atom. The molecule has 12 heteroatoms. The molecule has 2 aliphatic rings. The van der Waals surface area contributed by atoms with Gasteiger partial charge in [-0.1, -0.05) is 25.1 Å². The van der Waals surface area contributed by atoms with E-state index in [1.807, 2.05) is 30.5 Å². The second kappa shape index (κ2) is 10.9. The minimum Gasteiger partial charge on any atom is -0.458 e. The van der Waals surface area contributed by atoms with Crippen LogP contribution in [-0.4, -0.2) is 50.8 Å². The van der Waals surface area contributed by atoms with Crippen molar-refractivity contribution in [2.24, 2.45) is 10.8 Å². The monoisotopic (exact) mass is 557 g/mol. The van der Waals surface area contributed by atoms with Crippen molar-refractivity contribution >= 4 is 53.2 Å². The molecule has 1 unspecified atom stereocenters. The summed E-state index contributed by atoms with van der Waals surface area (Å²) in [6.07, 6.45) is 4.10. The standard InChI is InChI=1S/C26H27N5O5S.ClH/c1-3-26(35)18-10-21-22-16(12-31(21)24(33)17(18)13-36-25(26)34)15(14-6-4-5-7-20(14)29-22)11-28-30-23(32)19(27)8-9-37-2;/h4-7,10-11,19,35H,3,8-9,12-13,27H2,1-2H3,(H,30,32);1H/b28-11-;/t19?,26-;/m0./s1. The Balaban J connectivity index is 0.00000336. The van der Waals surface area contributed by atoms with E-state index in [1.54, 1.807) is 35.5 Å². The number of rotatable bonds is 7. The summed E-state index contributed by atoms with van der Waals surface area (Å²) < 4.78 is 6.71. The SMILES string of the molecule is CC[C@@]1(O)C(=O)OCc2c1cc1n(c2=O)Cc2c-1nc1ccccc1c2/C=N\NC(=O)C(N)CCSC.Cl. The predicted molar refractivity (Wildman–Crippen MR) is 148 cm³/mol. The number of ether oxygens (including phenoxy) is 1. The summed E-state index contributed by atoms with van der Waals surface area (Å²) in [5.41, 5.74) is 9.91. The number of aliphatic hydroxyl groups is 1. The number of hydrogen-bond acceptors (Lipinski definition) is 9. The summed E-state index contributed by atoms with van der Waals surface area (Å²) in [5.74, 6) is -0.381. The number of benzene rings is 1. The normalized spacial score (nSPS) is 18.4. The van der Waals surface area contributed by atoms with Crippen molar-refractivity contribution < 1.29 is 19.4 Å². The number of nitrogens with zero attached hydrogens (tertiary/aromatic N) is 3. The average molecular weight is 558 g/mol. The zero-order chi connectivity index (χ0) is 26.3. The zero-order valence-electron chi connectivity index (χ0n) is 20.9. The summed E-state index contributed by atoms with van der Waals surface area (Å²) in [6, 6.07) is 8.48. The second-order valence-corrected chi connectivity index (χ2v) is 10.1. The highest BCUT2D eigenvalue weighted by molar-refractivity contribution is 7.98. The summed E-state index contributed by atoms with van der Waals surface area (Å²) in [4.78, 5) is 43.1. The maximum atomic E-state index is 13.5. The van der Waals surface area contributed by atoms with E-state index >= 15 is 0 Å². The van der Waals surface area contributed by atoms with Gasteiger partial charge in [-0.2, -0.15) is 16.9 Å². The number of pyridine rings is 2. The van der Waals surface area contributed by atoms with Gasteiger partial charge in [0.2, 0.25) is 0 Å². The number of carbonyl (C=O) groups excluding carboxylic acids is 2. The van der Waals surface area contributed by atoms with Gasteiger partial charge in [0, 0.05) is 22.1 Å². The molecule has 38 heavy (non-hydrogen) atoms. The number of para-hydroxylation sites is 1. The largest absolute Gasteiger partial charge is 0.458 e. The van der Waals surface area contributed by atoms with Gasteiger partial charge in [-0.05, 0) is 37.0 Å². The molecule has 4 N–H and O–H groups in total. The Morgan fingerprint density at radius 3 is 2.87 bits per heavy atom. The van der Waals surface area contributed by atoms with Crippen LogP contribution in [0.25, 0.3) is 22.3 Å². The van der Waals surface area contributed by atoms with E-state index in [-0.39, 0.29) is 54.6 Å². The molecule has 0 radical (unpaired) electrons. The fourth-order valence-corrected chi connectivity index (χ4v) is 5.32. The van der Waals surface area contributed by atoms with Crippen molar-refractivity contribution in [3.63, 3.8) is 0 Å². The van der Waals surface area contributed by atoms with Crippen LogP contribution in [0, 0.1) is 0 Å². The minimum atomic E-state index is -1.90. The second-order valence-electron chi connectivity index (χ2n) is 9.10. The van der Waals surface area contributed by atoms with Crippen LogP contribution in [-0.2, 0) is 33.1 Å². The molecule has 0 fully saturated rings. The first-order valence-electron chi connectivity index (χ1n) is 12.0. The molecule has 0 saturated heterocycles. The van der Waals surface area contributed by atoms with Gasteiger partial charge < -0.3 is 20.1 Å². The molecule has 10 nitrogen and oxygen atoms in total. The third-order valence-corrected chi connectivity index (χ3v) is 7.62. The van der Waals surface area contributed by atoms with Crippen LogP contribution in [0.4, 0.5) is 0 Å². The molecule has 2 atom stereocenters. The Kier molecular flexibility index (Phi) is 7.93. The molecular weight excluding hydrogens is 530 g/mol. The topological polar surface area (TPSA) is 149 Å². The Hall–Kier alpha value is -3.25. The highest BCUT2D eigenvalue weighted by atomic mass is 35.5. The van der Waals surface area contributed by atoms with Crippen LogP contribution < -0.4 is 16.7 Å². The smallest absolute Gasteiger partial charge is 0.343 e. The van der Waals surface area contributed by atoms with Crippen LogP contribution in [0.1, 0.15) is 42.0 Å². The van der Waals surface area contributed by atoms with Gasteiger partial charge in [0.1, 0.15) is 6.61 Å². The van der Waals surface area contributed by atoms with Crippen LogP contribution in [0.3, 0.4) is 0 Å². The van der Waals surface area contributed by atoms with Gasteiger partial charge in [0.05, 0.1) is 41.3 Å². The molecule has 1 amide bonds. The summed E-state index contributed by atoms with van der Waals surface area (Å²) in [6.45, 7) is 1.69. The predicted octanol–water partition coefficient (Wildman–Crippen LogP) is 2.03. The number of hydrazone groups is 1. The first-order valence-corrected chi connectivity index (χ1v) is 13.4. The first-order chi connectivity index (χ1) is 17.8. The lowest BCUT2D eigenvalue weighted by molar-refractivity contribution is -0.172. The molecule has 1 aromatic carbocycles. The van der Waals surface area contributed by atoms with Gasteiger partial charge in [-0.15, -0.1) is 12.4 Å². The molecule has 3 aromatic rings. The number of aromatic nitrogens is 2. The van der Waals surface area contributed by atoms with Gasteiger partial charge in [0.15, 0.2) is 5.60 Å². The molecule has 0 bridgehead atoms. The molecule has 0 saturated carbocycles. The molecule has 0 spiro atoms. The van der Waals surface area contributed by atoms with Crippen LogP contribution in [0.2, 0.25) is 0 Å². The van der Waals surface area contributed by atoms with Crippen LogP contribution in [0.15, 0.2) is 40.2 Å². The number of esters is 1. The van der Waals surface area contributed by atoms with E-state index in [4.69, 9.17) is 15.5 Å². The number of thioether (sulfide) groups is 1. The van der Waals surface area contributed by atoms with E-state index in [0.717, 1.165) is 16.7 Å². The molecule has 2 aliphatic heterocycles. The number of halogens is 1. The third kappa shape index (κ3) is 4.49. The van der Waals surface area contributed by atoms with Crippen molar-refractivity contribution in [2.75, 3.05) is 12.0 Å². The number of nitrogens with two attached hydrogens (primary N) is 1. The number of amides is 1. The van der Waals surface area contributed by atoms with Crippen molar-refractivity contribution in [3.8, 4) is 11.4 Å². The number of hydrogen-bond donors (Lipinski definition) is 3. The molecule has 200 valence electrons. The fraction of sp³-hybridized carbons (Fsp3) is 0.346. The minimum absolute atomic E-state index is 0. The van der Waals surface area contributed by atoms with Crippen molar-refractivity contribution in [1.82, 2.24) is 15.0 Å². The fourth-order valence-electron chi connectivity index (χ4n) is 4.83. The lowest BCUT2D eigenvalue weighted by Gasteiger charge is -2.31. The van der Waals surface area contributed by atoms with Gasteiger partial charge in [0.25, 0.3) is 11.5 Å². The molecule has 0 aliphatic carbocycles. The van der Waals surface area contributed by atoms with E-state index in [0.29, 0.717) is 28.9 Å². The average Bonchev–Trinajstić information content (AvgIpc) is 3.27. The van der Waals surface area contributed by atoms with E-state index in [9.17, 15) is 19.5 Å². The molecule has 5 rings (SSSR count). The van der Waals surface area contributed by atoms with Gasteiger partial charge in [-0.3, -0.25) is 9.59 Å². The van der Waals surface area contributed by atoms with Gasteiger partial charge in [-0.25, -0.2) is 15.2 Å². The quantitative estimate of drug-likeness (QED) is 0.177. The van der Waals surface area contributed by atoms with Crippen LogP contribution in [0.5, 0.6) is 0 Å². The summed E-state index contributed by atoms with van der Waals surface area (Å²) in [7, 11) is 0. The van der Waals surface area contributed by atoms with E-state index in [2.05, 4.69) is 10.5 Å². The van der Waals surface area contributed by atoms with Crippen molar-refractivity contribution in [2.45, 2.75) is 44.6 Å². The summed E-state index contributed by atoms with van der Waals surface area (Å²) >= 11 is 1.61. The number of carbonyl (C=O) groups is 2. The van der Waals surface area contributed by atoms with E-state index < -0.39 is 17.6 Å². The summed E-state index contributed by atoms with van der Waals surface area (Å²) in [5, 5.41) is 16.1. The lowest BCUT2D eigenvalue weighted by atomic mass is 9.86. The Morgan fingerprint density at radius 1 is 1.37 bits per heavy atom. The van der Waals surface area contributed by atoms with Crippen molar-refractivity contribution in [3.05, 3.63) is 62.9 Å². The zero-order valence-corrected chi connectivity index (χ0v) is 22.5. The number of fused-ring (bicyclic) bond motifs is 5. The first kappa shape index (κ1) is 27.8. The highest BCUT2D eigenvalue weighted by Crippen LogP contribution is 2.39. The van der Waals surface area contributed by atoms with E-state index in [1.165, 1.54) is 0 Å². The Labute approximate surface area is 229 Å².